The number of rotatable bonds is 1. The van der Waals surface area contributed by atoms with Gasteiger partial charge in [-0.1, -0.05) is 18.2 Å². The minimum atomic E-state index is -3.05. The van der Waals surface area contributed by atoms with E-state index in [0.29, 0.717) is 11.4 Å². The lowest BCUT2D eigenvalue weighted by Crippen LogP contribution is -2.14. The molecule has 1 heterocycles. The van der Waals surface area contributed by atoms with E-state index in [1.165, 1.54) is 0 Å². The van der Waals surface area contributed by atoms with Gasteiger partial charge in [0.15, 0.2) is 9.84 Å². The summed E-state index contributed by atoms with van der Waals surface area (Å²) in [4.78, 5) is 0.463. The molecule has 1 aromatic carbocycles. The molecule has 1 aliphatic heterocycles. The van der Waals surface area contributed by atoms with Crippen molar-refractivity contribution in [2.45, 2.75) is 10.8 Å². The van der Waals surface area contributed by atoms with Crippen LogP contribution in [0.4, 0.5) is 0 Å². The first-order valence-corrected chi connectivity index (χ1v) is 5.82. The fraction of sp³-hybridized carbons (Fsp3) is 0.333. The molecule has 0 aliphatic carbocycles. The molecule has 1 unspecified atom stereocenters. The van der Waals surface area contributed by atoms with Crippen molar-refractivity contribution in [3.8, 4) is 0 Å². The topological polar surface area (TPSA) is 60.2 Å². The summed E-state index contributed by atoms with van der Waals surface area (Å²) in [6, 6.07) is 7.09. The Hall–Kier alpha value is -0.870. The van der Waals surface area contributed by atoms with Crippen molar-refractivity contribution in [3.05, 3.63) is 29.8 Å². The molecule has 0 spiro atoms. The zero-order valence-electron chi connectivity index (χ0n) is 7.10. The molecule has 0 amide bonds. The minimum Gasteiger partial charge on any atom is -0.330 e. The standard InChI is InChI=1S/C9H11NO2S/c10-5-7-6-13(11,12)9-4-2-1-3-8(7)9/h1-4,7H,5-6,10H2. The van der Waals surface area contributed by atoms with Crippen molar-refractivity contribution in [1.29, 1.82) is 0 Å². The molecule has 13 heavy (non-hydrogen) atoms. The third-order valence-electron chi connectivity index (χ3n) is 2.40. The molecule has 1 aliphatic rings. The zero-order valence-corrected chi connectivity index (χ0v) is 7.92. The Labute approximate surface area is 77.5 Å². The molecule has 0 radical (unpaired) electrons. The zero-order chi connectivity index (χ0) is 9.47. The second kappa shape index (κ2) is 2.82. The van der Waals surface area contributed by atoms with E-state index in [1.54, 1.807) is 12.1 Å². The molecule has 0 saturated heterocycles. The fourth-order valence-corrected chi connectivity index (χ4v) is 3.65. The van der Waals surface area contributed by atoms with E-state index in [2.05, 4.69) is 0 Å². The molecule has 3 nitrogen and oxygen atoms in total. The Kier molecular flexibility index (Phi) is 1.89. The first-order valence-electron chi connectivity index (χ1n) is 4.17. The van der Waals surface area contributed by atoms with E-state index >= 15 is 0 Å². The molecule has 2 N–H and O–H groups in total. The normalized spacial score (nSPS) is 24.2. The second-order valence-electron chi connectivity index (χ2n) is 3.25. The van der Waals surface area contributed by atoms with Gasteiger partial charge in [-0.3, -0.25) is 0 Å². The smallest absolute Gasteiger partial charge is 0.179 e. The van der Waals surface area contributed by atoms with Crippen molar-refractivity contribution in [1.82, 2.24) is 0 Å². The van der Waals surface area contributed by atoms with Crippen LogP contribution < -0.4 is 5.73 Å². The summed E-state index contributed by atoms with van der Waals surface area (Å²) in [5, 5.41) is 0. The summed E-state index contributed by atoms with van der Waals surface area (Å²) in [7, 11) is -3.05. The lowest BCUT2D eigenvalue weighted by atomic mass is 10.0. The first-order chi connectivity index (χ1) is 6.15. The van der Waals surface area contributed by atoms with Crippen molar-refractivity contribution in [3.63, 3.8) is 0 Å². The summed E-state index contributed by atoms with van der Waals surface area (Å²) in [6.45, 7) is 0.399. The largest absolute Gasteiger partial charge is 0.330 e. The highest BCUT2D eigenvalue weighted by Gasteiger charge is 2.32. The Morgan fingerprint density at radius 3 is 2.77 bits per heavy atom. The van der Waals surface area contributed by atoms with E-state index in [-0.39, 0.29) is 11.7 Å². The van der Waals surface area contributed by atoms with Crippen LogP contribution in [0.15, 0.2) is 29.2 Å². The summed E-state index contributed by atoms with van der Waals surface area (Å²) in [5.74, 6) is 0.157. The van der Waals surface area contributed by atoms with Crippen LogP contribution in [-0.2, 0) is 9.84 Å². The van der Waals surface area contributed by atoms with Gasteiger partial charge in [-0.15, -0.1) is 0 Å². The minimum absolute atomic E-state index is 0.0128. The van der Waals surface area contributed by atoms with Gasteiger partial charge in [-0.2, -0.15) is 0 Å². The third kappa shape index (κ3) is 1.26. The van der Waals surface area contributed by atoms with Crippen molar-refractivity contribution in [2.75, 3.05) is 12.3 Å². The summed E-state index contributed by atoms with van der Waals surface area (Å²) in [5.41, 5.74) is 6.38. The van der Waals surface area contributed by atoms with Crippen LogP contribution in [0.3, 0.4) is 0 Å². The van der Waals surface area contributed by atoms with Crippen molar-refractivity contribution < 1.29 is 8.42 Å². The van der Waals surface area contributed by atoms with Crippen LogP contribution in [-0.4, -0.2) is 20.7 Å². The quantitative estimate of drug-likeness (QED) is 0.713. The number of fused-ring (bicyclic) bond motifs is 1. The van der Waals surface area contributed by atoms with Gasteiger partial charge in [0, 0.05) is 12.5 Å². The number of hydrogen-bond donors (Lipinski definition) is 1. The van der Waals surface area contributed by atoms with Gasteiger partial charge in [0.2, 0.25) is 0 Å². The van der Waals surface area contributed by atoms with Crippen LogP contribution in [0.2, 0.25) is 0 Å². The molecule has 2 rings (SSSR count). The van der Waals surface area contributed by atoms with Crippen LogP contribution >= 0.6 is 0 Å². The number of nitrogens with two attached hydrogens (primary N) is 1. The Balaban J connectivity index is 2.64. The average Bonchev–Trinajstić information content (AvgIpc) is 2.39. The highest BCUT2D eigenvalue weighted by molar-refractivity contribution is 7.91. The van der Waals surface area contributed by atoms with Gasteiger partial charge in [0.05, 0.1) is 10.6 Å². The molecule has 1 aromatic rings. The summed E-state index contributed by atoms with van der Waals surface area (Å²) < 4.78 is 23.1. The molecular formula is C9H11NO2S. The molecule has 0 fully saturated rings. The highest BCUT2D eigenvalue weighted by atomic mass is 32.2. The van der Waals surface area contributed by atoms with Gasteiger partial charge in [-0.25, -0.2) is 8.42 Å². The monoisotopic (exact) mass is 197 g/mol. The average molecular weight is 197 g/mol. The molecule has 70 valence electrons. The van der Waals surface area contributed by atoms with Gasteiger partial charge in [0.25, 0.3) is 0 Å². The maximum Gasteiger partial charge on any atom is 0.179 e. The molecule has 1 atom stereocenters. The fourth-order valence-electron chi connectivity index (χ4n) is 1.74. The van der Waals surface area contributed by atoms with Gasteiger partial charge >= 0.3 is 0 Å². The maximum absolute atomic E-state index is 11.6. The van der Waals surface area contributed by atoms with Crippen LogP contribution in [0.5, 0.6) is 0 Å². The number of sulfone groups is 1. The van der Waals surface area contributed by atoms with Crippen molar-refractivity contribution in [2.24, 2.45) is 5.73 Å². The van der Waals surface area contributed by atoms with Crippen LogP contribution in [0.1, 0.15) is 11.5 Å². The first kappa shape index (κ1) is 8.72. The molecular weight excluding hydrogens is 186 g/mol. The lowest BCUT2D eigenvalue weighted by Gasteiger charge is -2.03. The van der Waals surface area contributed by atoms with Crippen molar-refractivity contribution >= 4 is 9.84 Å². The Bertz CT molecular complexity index is 425. The number of hydrogen-bond acceptors (Lipinski definition) is 3. The predicted octanol–water partition coefficient (Wildman–Crippen LogP) is 0.516. The van der Waals surface area contributed by atoms with E-state index in [1.807, 2.05) is 12.1 Å². The van der Waals surface area contributed by atoms with E-state index in [0.717, 1.165) is 5.56 Å². The predicted molar refractivity (Wildman–Crippen MR) is 50.3 cm³/mol. The molecule has 0 aromatic heterocycles. The molecule has 0 saturated carbocycles. The summed E-state index contributed by atoms with van der Waals surface area (Å²) >= 11 is 0. The molecule has 0 bridgehead atoms. The molecule has 4 heteroatoms. The van der Waals surface area contributed by atoms with Gasteiger partial charge in [-0.05, 0) is 11.6 Å². The summed E-state index contributed by atoms with van der Waals surface area (Å²) in [6.07, 6.45) is 0. The number of benzene rings is 1. The maximum atomic E-state index is 11.6. The van der Waals surface area contributed by atoms with E-state index in [9.17, 15) is 8.42 Å². The highest BCUT2D eigenvalue weighted by Crippen LogP contribution is 2.33. The van der Waals surface area contributed by atoms with Crippen LogP contribution in [0, 0.1) is 0 Å². The van der Waals surface area contributed by atoms with E-state index < -0.39 is 9.84 Å². The Morgan fingerprint density at radius 2 is 2.08 bits per heavy atom. The van der Waals surface area contributed by atoms with Crippen LogP contribution in [0.25, 0.3) is 0 Å². The second-order valence-corrected chi connectivity index (χ2v) is 5.25. The SMILES string of the molecule is NCC1CS(=O)(=O)c2ccccc21. The van der Waals surface area contributed by atoms with Gasteiger partial charge < -0.3 is 5.73 Å². The van der Waals surface area contributed by atoms with E-state index in [4.69, 9.17) is 5.73 Å². The lowest BCUT2D eigenvalue weighted by molar-refractivity contribution is 0.597. The third-order valence-corrected chi connectivity index (χ3v) is 4.28. The van der Waals surface area contributed by atoms with Gasteiger partial charge in [0.1, 0.15) is 0 Å². The Morgan fingerprint density at radius 1 is 1.38 bits per heavy atom.